The second kappa shape index (κ2) is 6.64. The van der Waals surface area contributed by atoms with Gasteiger partial charge in [0.15, 0.2) is 11.5 Å². The standard InChI is InChI=1S/C11H16FNO3.ClH/c1-6(14)11(13)7-4-9(15-2)10(16-3)5-8(7)12;/h4-6,11,14H,13H2,1-3H3;1H/t6-,11-;/m0./s1. The molecule has 0 aliphatic heterocycles. The van der Waals surface area contributed by atoms with Gasteiger partial charge < -0.3 is 20.3 Å². The van der Waals surface area contributed by atoms with Gasteiger partial charge in [0, 0.05) is 11.6 Å². The lowest BCUT2D eigenvalue weighted by Gasteiger charge is -2.18. The van der Waals surface area contributed by atoms with Crippen molar-refractivity contribution in [1.29, 1.82) is 0 Å². The Labute approximate surface area is 106 Å². The summed E-state index contributed by atoms with van der Waals surface area (Å²) in [4.78, 5) is 0. The van der Waals surface area contributed by atoms with Gasteiger partial charge >= 0.3 is 0 Å². The van der Waals surface area contributed by atoms with Crippen LogP contribution in [0.3, 0.4) is 0 Å². The molecule has 6 heteroatoms. The largest absolute Gasteiger partial charge is 0.493 e. The van der Waals surface area contributed by atoms with Crippen molar-refractivity contribution >= 4 is 12.4 Å². The molecule has 1 aromatic rings. The monoisotopic (exact) mass is 265 g/mol. The molecule has 17 heavy (non-hydrogen) atoms. The first-order valence-electron chi connectivity index (χ1n) is 4.86. The average molecular weight is 266 g/mol. The summed E-state index contributed by atoms with van der Waals surface area (Å²) in [7, 11) is 2.87. The molecule has 0 saturated carbocycles. The van der Waals surface area contributed by atoms with Gasteiger partial charge in [-0.2, -0.15) is 0 Å². The van der Waals surface area contributed by atoms with Gasteiger partial charge in [0.2, 0.25) is 0 Å². The summed E-state index contributed by atoms with van der Waals surface area (Å²) < 4.78 is 23.6. The Balaban J connectivity index is 0.00000256. The fourth-order valence-corrected chi connectivity index (χ4v) is 1.39. The highest BCUT2D eigenvalue weighted by molar-refractivity contribution is 5.85. The Morgan fingerprint density at radius 3 is 2.12 bits per heavy atom. The van der Waals surface area contributed by atoms with E-state index in [9.17, 15) is 9.50 Å². The molecule has 0 bridgehead atoms. The molecule has 0 radical (unpaired) electrons. The molecule has 0 amide bonds. The molecule has 0 aliphatic rings. The molecular weight excluding hydrogens is 249 g/mol. The molecule has 2 atom stereocenters. The van der Waals surface area contributed by atoms with E-state index in [0.29, 0.717) is 11.5 Å². The molecule has 98 valence electrons. The van der Waals surface area contributed by atoms with E-state index in [-0.39, 0.29) is 18.0 Å². The van der Waals surface area contributed by atoms with Crippen LogP contribution in [0.1, 0.15) is 18.5 Å². The molecule has 0 spiro atoms. The summed E-state index contributed by atoms with van der Waals surface area (Å²) in [5, 5.41) is 9.33. The second-order valence-electron chi connectivity index (χ2n) is 3.50. The second-order valence-corrected chi connectivity index (χ2v) is 3.50. The average Bonchev–Trinajstić information content (AvgIpc) is 2.27. The molecule has 0 fully saturated rings. The summed E-state index contributed by atoms with van der Waals surface area (Å²) in [6, 6.07) is 1.84. The molecule has 4 nitrogen and oxygen atoms in total. The molecule has 0 saturated heterocycles. The van der Waals surface area contributed by atoms with Crippen molar-refractivity contribution in [3.63, 3.8) is 0 Å². The summed E-state index contributed by atoms with van der Waals surface area (Å²) >= 11 is 0. The highest BCUT2D eigenvalue weighted by Gasteiger charge is 2.19. The molecule has 3 N–H and O–H groups in total. The predicted octanol–water partition coefficient (Wildman–Crippen LogP) is 1.65. The highest BCUT2D eigenvalue weighted by Crippen LogP contribution is 2.32. The number of halogens is 2. The number of rotatable bonds is 4. The number of hydrogen-bond acceptors (Lipinski definition) is 4. The minimum absolute atomic E-state index is 0. The number of hydrogen-bond donors (Lipinski definition) is 2. The Kier molecular flexibility index (Phi) is 6.23. The lowest BCUT2D eigenvalue weighted by atomic mass is 10.0. The maximum atomic E-state index is 13.6. The molecule has 1 aromatic carbocycles. The number of nitrogens with two attached hydrogens (primary N) is 1. The Bertz CT molecular complexity index is 374. The van der Waals surface area contributed by atoms with Crippen LogP contribution in [0.4, 0.5) is 4.39 Å². The zero-order valence-electron chi connectivity index (χ0n) is 9.94. The van der Waals surface area contributed by atoms with E-state index in [4.69, 9.17) is 15.2 Å². The lowest BCUT2D eigenvalue weighted by Crippen LogP contribution is -2.24. The molecule has 1 rings (SSSR count). The number of benzene rings is 1. The van der Waals surface area contributed by atoms with Crippen LogP contribution in [0.2, 0.25) is 0 Å². The van der Waals surface area contributed by atoms with Crippen LogP contribution in [-0.4, -0.2) is 25.4 Å². The van der Waals surface area contributed by atoms with E-state index in [2.05, 4.69) is 0 Å². The fraction of sp³-hybridized carbons (Fsp3) is 0.455. The first kappa shape index (κ1) is 16.0. The predicted molar refractivity (Wildman–Crippen MR) is 65.4 cm³/mol. The van der Waals surface area contributed by atoms with Crippen LogP contribution in [0.5, 0.6) is 11.5 Å². The molecule has 0 heterocycles. The zero-order chi connectivity index (χ0) is 12.3. The summed E-state index contributed by atoms with van der Waals surface area (Å²) in [5.41, 5.74) is 5.87. The van der Waals surface area contributed by atoms with Crippen molar-refractivity contribution in [2.45, 2.75) is 19.1 Å². The fourth-order valence-electron chi connectivity index (χ4n) is 1.39. The first-order valence-corrected chi connectivity index (χ1v) is 4.86. The van der Waals surface area contributed by atoms with Gasteiger partial charge in [-0.15, -0.1) is 12.4 Å². The van der Waals surface area contributed by atoms with Gasteiger partial charge in [0.05, 0.1) is 26.4 Å². The number of aliphatic hydroxyl groups is 1. The smallest absolute Gasteiger partial charge is 0.163 e. The van der Waals surface area contributed by atoms with Crippen molar-refractivity contribution in [2.24, 2.45) is 5.73 Å². The van der Waals surface area contributed by atoms with E-state index in [1.807, 2.05) is 0 Å². The van der Waals surface area contributed by atoms with Crippen LogP contribution >= 0.6 is 12.4 Å². The molecular formula is C11H17ClFNO3. The van der Waals surface area contributed by atoms with E-state index >= 15 is 0 Å². The maximum absolute atomic E-state index is 13.6. The minimum atomic E-state index is -0.840. The highest BCUT2D eigenvalue weighted by atomic mass is 35.5. The maximum Gasteiger partial charge on any atom is 0.163 e. The number of aliphatic hydroxyl groups excluding tert-OH is 1. The van der Waals surface area contributed by atoms with Gasteiger partial charge in [0.1, 0.15) is 5.82 Å². The topological polar surface area (TPSA) is 64.7 Å². The number of ether oxygens (including phenoxy) is 2. The SMILES string of the molecule is COc1cc(F)c([C@@H](N)[C@H](C)O)cc1OC.Cl. The molecule has 0 unspecified atom stereocenters. The van der Waals surface area contributed by atoms with Crippen molar-refractivity contribution in [1.82, 2.24) is 0 Å². The van der Waals surface area contributed by atoms with Crippen LogP contribution in [0.15, 0.2) is 12.1 Å². The van der Waals surface area contributed by atoms with Crippen LogP contribution in [0.25, 0.3) is 0 Å². The quantitative estimate of drug-likeness (QED) is 0.869. The molecule has 0 aromatic heterocycles. The third kappa shape index (κ3) is 3.46. The Morgan fingerprint density at radius 1 is 1.24 bits per heavy atom. The molecule has 0 aliphatic carbocycles. The summed E-state index contributed by atoms with van der Waals surface area (Å²) in [6.07, 6.45) is -0.840. The van der Waals surface area contributed by atoms with Gasteiger partial charge in [0.25, 0.3) is 0 Å². The van der Waals surface area contributed by atoms with Gasteiger partial charge in [-0.3, -0.25) is 0 Å². The lowest BCUT2D eigenvalue weighted by molar-refractivity contribution is 0.162. The third-order valence-corrected chi connectivity index (χ3v) is 2.38. The van der Waals surface area contributed by atoms with Crippen molar-refractivity contribution < 1.29 is 19.0 Å². The van der Waals surface area contributed by atoms with Crippen molar-refractivity contribution in [2.75, 3.05) is 14.2 Å². The Morgan fingerprint density at radius 2 is 1.71 bits per heavy atom. The summed E-state index contributed by atoms with van der Waals surface area (Å²) in [6.45, 7) is 1.50. The van der Waals surface area contributed by atoms with Gasteiger partial charge in [-0.1, -0.05) is 0 Å². The Hall–Kier alpha value is -1.04. The summed E-state index contributed by atoms with van der Waals surface area (Å²) in [5.74, 6) is 0.155. The minimum Gasteiger partial charge on any atom is -0.493 e. The third-order valence-electron chi connectivity index (χ3n) is 2.38. The van der Waals surface area contributed by atoms with Crippen LogP contribution in [-0.2, 0) is 0 Å². The van der Waals surface area contributed by atoms with Crippen molar-refractivity contribution in [3.05, 3.63) is 23.5 Å². The van der Waals surface area contributed by atoms with E-state index < -0.39 is 18.0 Å². The first-order chi connectivity index (χ1) is 7.51. The van der Waals surface area contributed by atoms with Crippen LogP contribution < -0.4 is 15.2 Å². The van der Waals surface area contributed by atoms with Gasteiger partial charge in [-0.25, -0.2) is 4.39 Å². The van der Waals surface area contributed by atoms with E-state index in [1.165, 1.54) is 33.3 Å². The van der Waals surface area contributed by atoms with Crippen LogP contribution in [0, 0.1) is 5.82 Å². The van der Waals surface area contributed by atoms with Gasteiger partial charge in [-0.05, 0) is 13.0 Å². The van der Waals surface area contributed by atoms with Crippen molar-refractivity contribution in [3.8, 4) is 11.5 Å². The van der Waals surface area contributed by atoms with E-state index in [1.54, 1.807) is 0 Å². The zero-order valence-corrected chi connectivity index (χ0v) is 10.8. The number of methoxy groups -OCH3 is 2. The van der Waals surface area contributed by atoms with E-state index in [0.717, 1.165) is 0 Å². The normalized spacial score (nSPS) is 13.5.